The Kier molecular flexibility index (Phi) is 52.1. The van der Waals surface area contributed by atoms with Gasteiger partial charge in [-0.3, -0.25) is 0 Å². The number of carbonyl (C=O) groups is 4. The Labute approximate surface area is 234 Å². The summed E-state index contributed by atoms with van der Waals surface area (Å²) in [6, 6.07) is 0. The molecule has 4 atom stereocenters. The van der Waals surface area contributed by atoms with Crippen LogP contribution in [-0.4, -0.2) is 79.7 Å². The summed E-state index contributed by atoms with van der Waals surface area (Å²) < 4.78 is 0. The molecule has 0 saturated carbocycles. The molecule has 0 aliphatic heterocycles. The standard InChI is InChI=1S/2C4H6O6.4Na.2H2O/c2*5-1(3(7)8)2(6)4(9)10;;;;;;/h2*1-2,5-6H,(H,7,8)(H,9,10);;;;;2*1H2/q;;4*+1;;/p-4. The van der Waals surface area contributed by atoms with Crippen molar-refractivity contribution in [1.29, 1.82) is 0 Å². The second-order valence-electron chi connectivity index (χ2n) is 3.06. The molecule has 0 spiro atoms. The molecular formula is C8H12Na4O14. The van der Waals surface area contributed by atoms with E-state index in [1.54, 1.807) is 0 Å². The third kappa shape index (κ3) is 23.7. The maximum absolute atomic E-state index is 9.63. The molecule has 132 valence electrons. The van der Waals surface area contributed by atoms with Crippen LogP contribution in [-0.2, 0) is 19.2 Å². The zero-order chi connectivity index (χ0) is 16.6. The van der Waals surface area contributed by atoms with Gasteiger partial charge in [0.05, 0.1) is 23.9 Å². The predicted octanol–water partition coefficient (Wildman–Crippen LogP) is -23.2. The summed E-state index contributed by atoms with van der Waals surface area (Å²) >= 11 is 0. The number of hydrogen-bond donors (Lipinski definition) is 4. The van der Waals surface area contributed by atoms with Crippen LogP contribution in [0.4, 0.5) is 0 Å². The second kappa shape index (κ2) is 26.6. The molecule has 26 heavy (non-hydrogen) atoms. The smallest absolute Gasteiger partial charge is 0.547 e. The average Bonchev–Trinajstić information content (AvgIpc) is 2.35. The number of carbonyl (C=O) groups excluding carboxylic acids is 4. The van der Waals surface area contributed by atoms with Crippen molar-refractivity contribution in [2.45, 2.75) is 24.4 Å². The number of aliphatic hydroxyl groups excluding tert-OH is 4. The van der Waals surface area contributed by atoms with Gasteiger partial charge in [-0.1, -0.05) is 0 Å². The van der Waals surface area contributed by atoms with Crippen molar-refractivity contribution >= 4 is 23.9 Å². The molecule has 8 N–H and O–H groups in total. The summed E-state index contributed by atoms with van der Waals surface area (Å²) in [5.74, 6) is -8.23. The largest absolute Gasteiger partial charge is 1.00 e. The van der Waals surface area contributed by atoms with E-state index in [0.29, 0.717) is 0 Å². The van der Waals surface area contributed by atoms with E-state index in [2.05, 4.69) is 0 Å². The van der Waals surface area contributed by atoms with E-state index in [9.17, 15) is 39.6 Å². The topological polar surface area (TPSA) is 304 Å². The molecule has 0 aromatic rings. The first kappa shape index (κ1) is 50.9. The Morgan fingerprint density at radius 3 is 0.577 bits per heavy atom. The van der Waals surface area contributed by atoms with Gasteiger partial charge in [0, 0.05) is 0 Å². The molecule has 0 aliphatic carbocycles. The number of rotatable bonds is 6. The Morgan fingerprint density at radius 2 is 0.538 bits per heavy atom. The Hall–Kier alpha value is 1.64. The minimum atomic E-state index is -2.44. The van der Waals surface area contributed by atoms with Crippen LogP contribution in [0.3, 0.4) is 0 Å². The molecule has 18 heteroatoms. The summed E-state index contributed by atoms with van der Waals surface area (Å²) in [5.41, 5.74) is 0. The SMILES string of the molecule is O.O.O=C([O-])C(O)C(O)C(=O)[O-].O=C([O-])C(O)C(O)C(=O)[O-].[Na+].[Na+].[Na+].[Na+]. The van der Waals surface area contributed by atoms with E-state index in [0.717, 1.165) is 0 Å². The monoisotopic (exact) mass is 424 g/mol. The van der Waals surface area contributed by atoms with Crippen LogP contribution >= 0.6 is 0 Å². The molecule has 0 aliphatic rings. The van der Waals surface area contributed by atoms with Gasteiger partial charge in [0.2, 0.25) is 0 Å². The summed E-state index contributed by atoms with van der Waals surface area (Å²) in [4.78, 5) is 38.5. The van der Waals surface area contributed by atoms with E-state index < -0.39 is 48.3 Å². The van der Waals surface area contributed by atoms with Crippen molar-refractivity contribution in [3.05, 3.63) is 0 Å². The fourth-order valence-corrected chi connectivity index (χ4v) is 0.516. The predicted molar refractivity (Wildman–Crippen MR) is 51.3 cm³/mol. The Morgan fingerprint density at radius 1 is 0.462 bits per heavy atom. The second-order valence-corrected chi connectivity index (χ2v) is 3.06. The van der Waals surface area contributed by atoms with Crippen LogP contribution < -0.4 is 139 Å². The Bertz CT molecular complexity index is 321. The van der Waals surface area contributed by atoms with Gasteiger partial charge in [0.1, 0.15) is 24.4 Å². The van der Waals surface area contributed by atoms with Crippen molar-refractivity contribution in [1.82, 2.24) is 0 Å². The number of aliphatic carboxylic acids is 4. The summed E-state index contributed by atoms with van der Waals surface area (Å²) in [5, 5.41) is 71.5. The Balaban J connectivity index is -0.0000000337. The van der Waals surface area contributed by atoms with Gasteiger partial charge < -0.3 is 71.0 Å². The third-order valence-corrected chi connectivity index (χ3v) is 1.56. The molecule has 0 aromatic heterocycles. The maximum Gasteiger partial charge on any atom is 1.00 e. The van der Waals surface area contributed by atoms with E-state index in [1.807, 2.05) is 0 Å². The molecule has 0 bridgehead atoms. The molecule has 0 fully saturated rings. The van der Waals surface area contributed by atoms with E-state index in [-0.39, 0.29) is 129 Å². The molecule has 0 rings (SSSR count). The van der Waals surface area contributed by atoms with Gasteiger partial charge in [-0.15, -0.1) is 0 Å². The van der Waals surface area contributed by atoms with Gasteiger partial charge in [-0.05, 0) is 0 Å². The first-order valence-corrected chi connectivity index (χ1v) is 4.49. The molecule has 0 aromatic carbocycles. The molecule has 0 radical (unpaired) electrons. The zero-order valence-corrected chi connectivity index (χ0v) is 22.4. The van der Waals surface area contributed by atoms with Crippen molar-refractivity contribution in [2.75, 3.05) is 0 Å². The first-order valence-electron chi connectivity index (χ1n) is 4.49. The summed E-state index contributed by atoms with van der Waals surface area (Å²) in [6.45, 7) is 0. The van der Waals surface area contributed by atoms with E-state index >= 15 is 0 Å². The quantitative estimate of drug-likeness (QED) is 0.289. The van der Waals surface area contributed by atoms with Crippen LogP contribution in [0.5, 0.6) is 0 Å². The minimum absolute atomic E-state index is 0. The van der Waals surface area contributed by atoms with Gasteiger partial charge in [-0.25, -0.2) is 0 Å². The van der Waals surface area contributed by atoms with Gasteiger partial charge in [-0.2, -0.15) is 0 Å². The van der Waals surface area contributed by atoms with E-state index in [1.165, 1.54) is 0 Å². The normalized spacial score (nSPS) is 12.2. The zero-order valence-electron chi connectivity index (χ0n) is 14.4. The third-order valence-electron chi connectivity index (χ3n) is 1.56. The fourth-order valence-electron chi connectivity index (χ4n) is 0.516. The van der Waals surface area contributed by atoms with Crippen molar-refractivity contribution in [2.24, 2.45) is 0 Å². The molecule has 0 saturated heterocycles. The number of aliphatic hydroxyl groups is 4. The average molecular weight is 424 g/mol. The van der Waals surface area contributed by atoms with Crippen molar-refractivity contribution in [3.63, 3.8) is 0 Å². The molecule has 4 unspecified atom stereocenters. The minimum Gasteiger partial charge on any atom is -0.547 e. The summed E-state index contributed by atoms with van der Waals surface area (Å²) in [7, 11) is 0. The maximum atomic E-state index is 9.63. The van der Waals surface area contributed by atoms with Crippen LogP contribution in [0.15, 0.2) is 0 Å². The van der Waals surface area contributed by atoms with Crippen LogP contribution in [0.1, 0.15) is 0 Å². The summed E-state index contributed by atoms with van der Waals surface area (Å²) in [6.07, 6.45) is -9.76. The number of carboxylic acid groups (broad SMARTS) is 4. The number of hydrogen-bond acceptors (Lipinski definition) is 12. The van der Waals surface area contributed by atoms with Crippen LogP contribution in [0.2, 0.25) is 0 Å². The first-order chi connectivity index (χ1) is 8.93. The van der Waals surface area contributed by atoms with Crippen LogP contribution in [0, 0.1) is 0 Å². The molecule has 0 amide bonds. The fraction of sp³-hybridized carbons (Fsp3) is 0.500. The van der Waals surface area contributed by atoms with Gasteiger partial charge >= 0.3 is 118 Å². The van der Waals surface area contributed by atoms with Gasteiger partial charge in [0.25, 0.3) is 0 Å². The molecule has 0 heterocycles. The van der Waals surface area contributed by atoms with Crippen molar-refractivity contribution < 1.29 is 189 Å². The van der Waals surface area contributed by atoms with Crippen LogP contribution in [0.25, 0.3) is 0 Å². The van der Waals surface area contributed by atoms with E-state index in [4.69, 9.17) is 20.4 Å². The molecular weight excluding hydrogens is 412 g/mol. The van der Waals surface area contributed by atoms with Gasteiger partial charge in [0.15, 0.2) is 0 Å². The van der Waals surface area contributed by atoms with Crippen molar-refractivity contribution in [3.8, 4) is 0 Å². The number of carboxylic acids is 4. The molecule has 14 nitrogen and oxygen atoms in total.